The minimum absolute atomic E-state index is 0.592. The zero-order valence-corrected chi connectivity index (χ0v) is 11.0. The van der Waals surface area contributed by atoms with Gasteiger partial charge >= 0.3 is 0 Å². The quantitative estimate of drug-likeness (QED) is 0.784. The number of aromatic nitrogens is 1. The van der Waals surface area contributed by atoms with Gasteiger partial charge in [-0.3, -0.25) is 0 Å². The Labute approximate surface area is 110 Å². The van der Waals surface area contributed by atoms with Crippen LogP contribution in [0.4, 0.5) is 0 Å². The first-order valence-electron chi connectivity index (χ1n) is 5.42. The van der Waals surface area contributed by atoms with Crippen LogP contribution in [-0.4, -0.2) is 11.2 Å². The van der Waals surface area contributed by atoms with E-state index in [9.17, 15) is 0 Å². The van der Waals surface area contributed by atoms with Crippen molar-refractivity contribution in [2.75, 3.05) is 6.26 Å². The molecule has 1 aromatic carbocycles. The van der Waals surface area contributed by atoms with Crippen LogP contribution in [0.15, 0.2) is 41.4 Å². The molecule has 0 aliphatic heterocycles. The Balaban J connectivity index is 2.31. The van der Waals surface area contributed by atoms with Crippen LogP contribution in [0.25, 0.3) is 0 Å². The molecular weight excluding hydrogens is 244 g/mol. The van der Waals surface area contributed by atoms with E-state index in [0.29, 0.717) is 17.2 Å². The van der Waals surface area contributed by atoms with Gasteiger partial charge in [0, 0.05) is 16.7 Å². The summed E-state index contributed by atoms with van der Waals surface area (Å²) in [5.74, 6) is 1.29. The molecule has 0 aliphatic carbocycles. The second kappa shape index (κ2) is 5.56. The van der Waals surface area contributed by atoms with Crippen molar-refractivity contribution in [3.63, 3.8) is 0 Å². The summed E-state index contributed by atoms with van der Waals surface area (Å²) < 4.78 is 5.72. The summed E-state index contributed by atoms with van der Waals surface area (Å²) in [6, 6.07) is 11.4. The van der Waals surface area contributed by atoms with Crippen LogP contribution < -0.4 is 4.74 Å². The van der Waals surface area contributed by atoms with Crippen molar-refractivity contribution >= 4 is 11.8 Å². The molecule has 2 rings (SSSR count). The number of thioether (sulfide) groups is 1. The predicted octanol–water partition coefficient (Wildman–Crippen LogP) is 3.78. The van der Waals surface area contributed by atoms with Gasteiger partial charge in [-0.1, -0.05) is 6.07 Å². The highest BCUT2D eigenvalue weighted by Crippen LogP contribution is 2.28. The number of benzene rings is 1. The van der Waals surface area contributed by atoms with Gasteiger partial charge in [0.25, 0.3) is 0 Å². The van der Waals surface area contributed by atoms with Crippen LogP contribution in [-0.2, 0) is 0 Å². The van der Waals surface area contributed by atoms with Crippen LogP contribution >= 0.6 is 11.8 Å². The first-order valence-corrected chi connectivity index (χ1v) is 6.64. The second-order valence-electron chi connectivity index (χ2n) is 3.70. The number of aryl methyl sites for hydroxylation is 1. The normalized spacial score (nSPS) is 9.83. The topological polar surface area (TPSA) is 45.9 Å². The monoisotopic (exact) mass is 256 g/mol. The largest absolute Gasteiger partial charge is 0.439 e. The van der Waals surface area contributed by atoms with Crippen LogP contribution in [0.2, 0.25) is 0 Å². The van der Waals surface area contributed by atoms with Gasteiger partial charge in [0.2, 0.25) is 5.88 Å². The van der Waals surface area contributed by atoms with Crippen LogP contribution in [0.3, 0.4) is 0 Å². The fourth-order valence-corrected chi connectivity index (χ4v) is 2.08. The maximum Gasteiger partial charge on any atom is 0.222 e. The molecular formula is C14H12N2OS. The van der Waals surface area contributed by atoms with Crippen molar-refractivity contribution in [3.8, 4) is 17.7 Å². The van der Waals surface area contributed by atoms with Gasteiger partial charge in [-0.05, 0) is 37.4 Å². The van der Waals surface area contributed by atoms with Gasteiger partial charge in [-0.15, -0.1) is 11.8 Å². The second-order valence-corrected chi connectivity index (χ2v) is 4.55. The summed E-state index contributed by atoms with van der Waals surface area (Å²) in [4.78, 5) is 5.08. The van der Waals surface area contributed by atoms with Gasteiger partial charge in [-0.25, -0.2) is 4.98 Å². The molecule has 3 nitrogen and oxygen atoms in total. The molecule has 0 N–H and O–H groups in total. The summed E-state index contributed by atoms with van der Waals surface area (Å²) in [5, 5.41) is 8.96. The van der Waals surface area contributed by atoms with E-state index in [-0.39, 0.29) is 0 Å². The van der Waals surface area contributed by atoms with Gasteiger partial charge in [-0.2, -0.15) is 5.26 Å². The van der Waals surface area contributed by atoms with Crippen molar-refractivity contribution in [3.05, 3.63) is 47.7 Å². The Morgan fingerprint density at radius 3 is 2.83 bits per heavy atom. The first-order chi connectivity index (χ1) is 8.74. The molecule has 0 fully saturated rings. The molecule has 0 aliphatic rings. The lowest BCUT2D eigenvalue weighted by atomic mass is 10.2. The fraction of sp³-hybridized carbons (Fsp3) is 0.143. The number of hydrogen-bond acceptors (Lipinski definition) is 4. The van der Waals surface area contributed by atoms with Crippen LogP contribution in [0, 0.1) is 18.3 Å². The lowest BCUT2D eigenvalue weighted by molar-refractivity contribution is 0.457. The average molecular weight is 256 g/mol. The summed E-state index contributed by atoms with van der Waals surface area (Å²) >= 11 is 1.53. The minimum atomic E-state index is 0.592. The number of nitrogens with zero attached hydrogens (tertiary/aromatic N) is 2. The van der Waals surface area contributed by atoms with Gasteiger partial charge < -0.3 is 4.74 Å². The number of rotatable bonds is 3. The van der Waals surface area contributed by atoms with Gasteiger partial charge in [0.05, 0.1) is 5.56 Å². The Kier molecular flexibility index (Phi) is 3.85. The van der Waals surface area contributed by atoms with E-state index in [0.717, 1.165) is 10.5 Å². The SMILES string of the molecule is CSc1cc(Oc2ncccc2C)ccc1C#N. The van der Waals surface area contributed by atoms with Crippen molar-refractivity contribution in [1.29, 1.82) is 5.26 Å². The van der Waals surface area contributed by atoms with Gasteiger partial charge in [0.15, 0.2) is 0 Å². The zero-order valence-electron chi connectivity index (χ0n) is 10.2. The van der Waals surface area contributed by atoms with Crippen molar-refractivity contribution in [2.45, 2.75) is 11.8 Å². The standard InChI is InChI=1S/C14H12N2OS/c1-10-4-3-7-16-14(10)17-12-6-5-11(9-15)13(8-12)18-2/h3-8H,1-2H3. The zero-order chi connectivity index (χ0) is 13.0. The number of pyridine rings is 1. The molecule has 0 saturated heterocycles. The summed E-state index contributed by atoms with van der Waals surface area (Å²) in [5.41, 5.74) is 1.64. The maximum absolute atomic E-state index is 8.96. The Bertz CT molecular complexity index is 605. The number of ether oxygens (including phenoxy) is 1. The summed E-state index contributed by atoms with van der Waals surface area (Å²) in [7, 11) is 0. The van der Waals surface area contributed by atoms with E-state index >= 15 is 0 Å². The van der Waals surface area contributed by atoms with Gasteiger partial charge in [0.1, 0.15) is 11.8 Å². The third-order valence-electron chi connectivity index (χ3n) is 2.47. The lowest BCUT2D eigenvalue weighted by Crippen LogP contribution is -1.91. The highest BCUT2D eigenvalue weighted by atomic mass is 32.2. The van der Waals surface area contributed by atoms with Crippen molar-refractivity contribution in [1.82, 2.24) is 4.98 Å². The third kappa shape index (κ3) is 2.63. The molecule has 0 saturated carbocycles. The Hall–Kier alpha value is -1.99. The van der Waals surface area contributed by atoms with Crippen molar-refractivity contribution < 1.29 is 4.74 Å². The molecule has 1 heterocycles. The minimum Gasteiger partial charge on any atom is -0.439 e. The van der Waals surface area contributed by atoms with E-state index in [2.05, 4.69) is 11.1 Å². The predicted molar refractivity (Wildman–Crippen MR) is 72.0 cm³/mol. The molecule has 2 aromatic rings. The maximum atomic E-state index is 8.96. The number of nitriles is 1. The molecule has 0 atom stereocenters. The number of hydrogen-bond donors (Lipinski definition) is 0. The molecule has 0 unspecified atom stereocenters. The van der Waals surface area contributed by atoms with Crippen LogP contribution in [0.5, 0.6) is 11.6 Å². The first kappa shape index (κ1) is 12.5. The summed E-state index contributed by atoms with van der Waals surface area (Å²) in [6.45, 7) is 1.95. The van der Waals surface area contributed by atoms with E-state index in [1.54, 1.807) is 18.3 Å². The molecule has 0 amide bonds. The van der Waals surface area contributed by atoms with E-state index < -0.39 is 0 Å². The fourth-order valence-electron chi connectivity index (χ4n) is 1.52. The average Bonchev–Trinajstić information content (AvgIpc) is 2.41. The molecule has 0 bridgehead atoms. The smallest absolute Gasteiger partial charge is 0.222 e. The highest BCUT2D eigenvalue weighted by molar-refractivity contribution is 7.98. The van der Waals surface area contributed by atoms with E-state index in [4.69, 9.17) is 10.00 Å². The molecule has 0 radical (unpaired) electrons. The molecule has 0 spiro atoms. The van der Waals surface area contributed by atoms with E-state index in [1.165, 1.54) is 11.8 Å². The lowest BCUT2D eigenvalue weighted by Gasteiger charge is -2.08. The van der Waals surface area contributed by atoms with Crippen LogP contribution in [0.1, 0.15) is 11.1 Å². The molecule has 1 aromatic heterocycles. The van der Waals surface area contributed by atoms with E-state index in [1.807, 2.05) is 31.4 Å². The molecule has 4 heteroatoms. The Morgan fingerprint density at radius 1 is 1.33 bits per heavy atom. The Morgan fingerprint density at radius 2 is 2.17 bits per heavy atom. The summed E-state index contributed by atoms with van der Waals surface area (Å²) in [6.07, 6.45) is 3.63. The third-order valence-corrected chi connectivity index (χ3v) is 3.25. The molecule has 18 heavy (non-hydrogen) atoms. The van der Waals surface area contributed by atoms with Crippen molar-refractivity contribution in [2.24, 2.45) is 0 Å². The molecule has 90 valence electrons. The highest BCUT2D eigenvalue weighted by Gasteiger charge is 2.06.